The van der Waals surface area contributed by atoms with Gasteiger partial charge in [0, 0.05) is 6.54 Å². The van der Waals surface area contributed by atoms with Gasteiger partial charge in [0.1, 0.15) is 10.6 Å². The fourth-order valence-corrected chi connectivity index (χ4v) is 4.54. The smallest absolute Gasteiger partial charge is 0.266 e. The first kappa shape index (κ1) is 14.9. The number of hydrogen-bond acceptors (Lipinski definition) is 5. The number of aryl methyl sites for hydroxylation is 2. The Morgan fingerprint density at radius 3 is 3.00 bits per heavy atom. The molecule has 2 aliphatic rings. The maximum atomic E-state index is 13.0. The number of fused-ring (bicyclic) bond motifs is 1. The maximum absolute atomic E-state index is 13.0. The molecule has 6 heteroatoms. The van der Waals surface area contributed by atoms with Crippen LogP contribution in [0.15, 0.2) is 16.5 Å². The molecule has 3 heterocycles. The molecule has 0 unspecified atom stereocenters. The SMILES string of the molecule is Cc1ccc(-c2nc(C)c(C(=O)N3CCO[C@H]4CCC[C@@H]43)s2)o1. The second-order valence-corrected chi connectivity index (χ2v) is 7.25. The number of aromatic nitrogens is 1. The Morgan fingerprint density at radius 2 is 2.22 bits per heavy atom. The highest BCUT2D eigenvalue weighted by Crippen LogP contribution is 2.34. The van der Waals surface area contributed by atoms with Gasteiger partial charge in [-0.15, -0.1) is 11.3 Å². The van der Waals surface area contributed by atoms with Gasteiger partial charge in [0.05, 0.1) is 24.4 Å². The van der Waals surface area contributed by atoms with Crippen LogP contribution in [0.25, 0.3) is 10.8 Å². The van der Waals surface area contributed by atoms with E-state index in [-0.39, 0.29) is 18.1 Å². The van der Waals surface area contributed by atoms with Gasteiger partial charge in [-0.3, -0.25) is 4.79 Å². The number of hydrogen-bond donors (Lipinski definition) is 0. The molecule has 0 radical (unpaired) electrons. The lowest BCUT2D eigenvalue weighted by molar-refractivity contribution is -0.0444. The van der Waals surface area contributed by atoms with Crippen LogP contribution in [0.5, 0.6) is 0 Å². The molecule has 1 saturated heterocycles. The summed E-state index contributed by atoms with van der Waals surface area (Å²) in [5, 5.41) is 0.773. The van der Waals surface area contributed by atoms with E-state index in [4.69, 9.17) is 9.15 Å². The first-order chi connectivity index (χ1) is 11.1. The second-order valence-electron chi connectivity index (χ2n) is 6.25. The number of amides is 1. The highest BCUT2D eigenvalue weighted by Gasteiger charge is 2.39. The van der Waals surface area contributed by atoms with Crippen LogP contribution in [0.2, 0.25) is 0 Å². The van der Waals surface area contributed by atoms with E-state index in [1.165, 1.54) is 11.3 Å². The van der Waals surface area contributed by atoms with Gasteiger partial charge in [0.15, 0.2) is 10.8 Å². The van der Waals surface area contributed by atoms with Crippen molar-refractivity contribution in [1.82, 2.24) is 9.88 Å². The van der Waals surface area contributed by atoms with Gasteiger partial charge in [0.2, 0.25) is 0 Å². The monoisotopic (exact) mass is 332 g/mol. The van der Waals surface area contributed by atoms with Crippen molar-refractivity contribution in [1.29, 1.82) is 0 Å². The summed E-state index contributed by atoms with van der Waals surface area (Å²) < 4.78 is 11.4. The number of nitrogens with zero attached hydrogens (tertiary/aromatic N) is 2. The molecule has 1 amide bonds. The van der Waals surface area contributed by atoms with E-state index in [0.717, 1.165) is 46.4 Å². The summed E-state index contributed by atoms with van der Waals surface area (Å²) >= 11 is 1.42. The molecule has 0 aromatic carbocycles. The standard InChI is InChI=1S/C17H20N2O3S/c1-10-6-7-14(22-10)16-18-11(2)15(23-16)17(20)19-8-9-21-13-5-3-4-12(13)19/h6-7,12-13H,3-5,8-9H2,1-2H3/t12-,13-/m0/s1. The minimum absolute atomic E-state index is 0.0923. The fourth-order valence-electron chi connectivity index (χ4n) is 3.56. The van der Waals surface area contributed by atoms with E-state index < -0.39 is 0 Å². The van der Waals surface area contributed by atoms with E-state index in [0.29, 0.717) is 13.2 Å². The van der Waals surface area contributed by atoms with Crippen molar-refractivity contribution in [2.45, 2.75) is 45.3 Å². The van der Waals surface area contributed by atoms with Crippen LogP contribution in [0.4, 0.5) is 0 Å². The van der Waals surface area contributed by atoms with E-state index in [1.807, 2.05) is 30.9 Å². The Hall–Kier alpha value is -1.66. The molecule has 23 heavy (non-hydrogen) atoms. The average molecular weight is 332 g/mol. The summed E-state index contributed by atoms with van der Waals surface area (Å²) in [6.07, 6.45) is 3.46. The van der Waals surface area contributed by atoms with E-state index in [1.54, 1.807) is 0 Å². The minimum Gasteiger partial charge on any atom is -0.459 e. The number of carbonyl (C=O) groups excluding carboxylic acids is 1. The average Bonchev–Trinajstić information content (AvgIpc) is 3.25. The Balaban J connectivity index is 1.62. The largest absolute Gasteiger partial charge is 0.459 e. The third kappa shape index (κ3) is 2.60. The number of rotatable bonds is 2. The Bertz CT molecular complexity index is 736. The predicted octanol–water partition coefficient (Wildman–Crippen LogP) is 3.41. The molecule has 0 N–H and O–H groups in total. The van der Waals surface area contributed by atoms with Gasteiger partial charge in [-0.2, -0.15) is 0 Å². The summed E-state index contributed by atoms with van der Waals surface area (Å²) in [5.74, 6) is 1.67. The number of furan rings is 1. The van der Waals surface area contributed by atoms with Crippen LogP contribution in [-0.2, 0) is 4.74 Å². The lowest BCUT2D eigenvalue weighted by Gasteiger charge is -2.37. The molecule has 5 nitrogen and oxygen atoms in total. The molecule has 0 spiro atoms. The quantitative estimate of drug-likeness (QED) is 0.845. The molecule has 122 valence electrons. The van der Waals surface area contributed by atoms with Crippen LogP contribution in [-0.4, -0.2) is 41.1 Å². The van der Waals surface area contributed by atoms with Crippen LogP contribution < -0.4 is 0 Å². The fraction of sp³-hybridized carbons (Fsp3) is 0.529. The third-order valence-corrected chi connectivity index (χ3v) is 5.84. The van der Waals surface area contributed by atoms with Gasteiger partial charge < -0.3 is 14.1 Å². The van der Waals surface area contributed by atoms with E-state index in [9.17, 15) is 4.79 Å². The van der Waals surface area contributed by atoms with Crippen molar-refractivity contribution in [3.8, 4) is 10.8 Å². The molecule has 2 atom stereocenters. The number of carbonyl (C=O) groups is 1. The zero-order valence-corrected chi connectivity index (χ0v) is 14.2. The molecule has 1 aliphatic carbocycles. The lowest BCUT2D eigenvalue weighted by atomic mass is 10.1. The lowest BCUT2D eigenvalue weighted by Crippen LogP contribution is -2.51. The van der Waals surface area contributed by atoms with Crippen LogP contribution in [0.1, 0.15) is 40.4 Å². The van der Waals surface area contributed by atoms with Crippen LogP contribution in [0.3, 0.4) is 0 Å². The van der Waals surface area contributed by atoms with Crippen molar-refractivity contribution in [2.24, 2.45) is 0 Å². The molecule has 1 aliphatic heterocycles. The predicted molar refractivity (Wildman–Crippen MR) is 87.7 cm³/mol. The zero-order chi connectivity index (χ0) is 16.0. The van der Waals surface area contributed by atoms with Crippen molar-refractivity contribution < 1.29 is 13.9 Å². The Kier molecular flexibility index (Phi) is 3.73. The minimum atomic E-state index is 0.0923. The van der Waals surface area contributed by atoms with Crippen molar-refractivity contribution in [2.75, 3.05) is 13.2 Å². The molecule has 2 fully saturated rings. The summed E-state index contributed by atoms with van der Waals surface area (Å²) in [5.41, 5.74) is 0.782. The van der Waals surface area contributed by atoms with Crippen molar-refractivity contribution in [3.63, 3.8) is 0 Å². The van der Waals surface area contributed by atoms with Gasteiger partial charge in [0.25, 0.3) is 5.91 Å². The topological polar surface area (TPSA) is 55.6 Å². The van der Waals surface area contributed by atoms with Gasteiger partial charge in [-0.25, -0.2) is 4.98 Å². The number of ether oxygens (including phenoxy) is 1. The Morgan fingerprint density at radius 1 is 1.35 bits per heavy atom. The van der Waals surface area contributed by atoms with Crippen molar-refractivity contribution in [3.05, 3.63) is 28.5 Å². The van der Waals surface area contributed by atoms with E-state index in [2.05, 4.69) is 4.98 Å². The number of morpholine rings is 1. The third-order valence-electron chi connectivity index (χ3n) is 4.68. The molecular weight excluding hydrogens is 312 g/mol. The highest BCUT2D eigenvalue weighted by atomic mass is 32.1. The molecular formula is C17H20N2O3S. The summed E-state index contributed by atoms with van der Waals surface area (Å²) in [6, 6.07) is 4.05. The summed E-state index contributed by atoms with van der Waals surface area (Å²) in [4.78, 5) is 20.3. The van der Waals surface area contributed by atoms with Crippen LogP contribution in [0, 0.1) is 13.8 Å². The molecule has 2 aromatic heterocycles. The molecule has 1 saturated carbocycles. The molecule has 2 aromatic rings. The molecule has 0 bridgehead atoms. The zero-order valence-electron chi connectivity index (χ0n) is 13.4. The second kappa shape index (κ2) is 5.76. The van der Waals surface area contributed by atoms with Crippen LogP contribution >= 0.6 is 11.3 Å². The maximum Gasteiger partial charge on any atom is 0.266 e. The van der Waals surface area contributed by atoms with Gasteiger partial charge in [-0.05, 0) is 45.2 Å². The molecule has 4 rings (SSSR count). The highest BCUT2D eigenvalue weighted by molar-refractivity contribution is 7.17. The van der Waals surface area contributed by atoms with Gasteiger partial charge in [-0.1, -0.05) is 0 Å². The summed E-state index contributed by atoms with van der Waals surface area (Å²) in [7, 11) is 0. The first-order valence-corrected chi connectivity index (χ1v) is 8.92. The van der Waals surface area contributed by atoms with E-state index >= 15 is 0 Å². The first-order valence-electron chi connectivity index (χ1n) is 8.10. The number of thiazole rings is 1. The Labute approximate surface area is 139 Å². The van der Waals surface area contributed by atoms with Crippen molar-refractivity contribution >= 4 is 17.2 Å². The normalized spacial score (nSPS) is 24.0. The van der Waals surface area contributed by atoms with Gasteiger partial charge >= 0.3 is 0 Å². The summed E-state index contributed by atoms with van der Waals surface area (Å²) in [6.45, 7) is 5.11.